The van der Waals surface area contributed by atoms with Gasteiger partial charge in [0.15, 0.2) is 0 Å². The Morgan fingerprint density at radius 1 is 1.22 bits per heavy atom. The molecule has 3 N–H and O–H groups in total. The molecule has 0 aliphatic rings. The first-order valence-electron chi connectivity index (χ1n) is 8.43. The topological polar surface area (TPSA) is 122 Å². The second-order valence-electron chi connectivity index (χ2n) is 6.15. The molecule has 27 heavy (non-hydrogen) atoms. The second-order valence-corrected chi connectivity index (χ2v) is 6.15. The van der Waals surface area contributed by atoms with Crippen LogP contribution in [0.25, 0.3) is 0 Å². The predicted molar refractivity (Wildman–Crippen MR) is 98.0 cm³/mol. The van der Waals surface area contributed by atoms with Crippen molar-refractivity contribution in [2.24, 2.45) is 0 Å². The fourth-order valence-electron chi connectivity index (χ4n) is 2.54. The lowest BCUT2D eigenvalue weighted by molar-refractivity contribution is -0.385. The fraction of sp³-hybridized carbons (Fsp3) is 0.316. The number of amides is 1. The third-order valence-electron chi connectivity index (χ3n) is 3.92. The molecule has 2 rings (SSSR count). The number of rotatable bonds is 8. The quantitative estimate of drug-likeness (QED) is 0.482. The van der Waals surface area contributed by atoms with Crippen molar-refractivity contribution in [2.45, 2.75) is 32.2 Å². The SMILES string of the molecule is Cc1cc(C(O)C(O)CCNC(=O)OCc2ccccc2)cc([N+](=O)[O-])c1. The smallest absolute Gasteiger partial charge is 0.407 e. The molecule has 0 heterocycles. The summed E-state index contributed by atoms with van der Waals surface area (Å²) in [7, 11) is 0. The van der Waals surface area contributed by atoms with Crippen molar-refractivity contribution in [1.82, 2.24) is 5.32 Å². The number of nitro benzene ring substituents is 1. The maximum Gasteiger partial charge on any atom is 0.407 e. The number of nitrogens with zero attached hydrogens (tertiary/aromatic N) is 1. The van der Waals surface area contributed by atoms with Gasteiger partial charge in [0.1, 0.15) is 12.7 Å². The lowest BCUT2D eigenvalue weighted by Crippen LogP contribution is -2.29. The van der Waals surface area contributed by atoms with Gasteiger partial charge in [0.2, 0.25) is 0 Å². The third-order valence-corrected chi connectivity index (χ3v) is 3.92. The summed E-state index contributed by atoms with van der Waals surface area (Å²) in [6.45, 7) is 1.88. The van der Waals surface area contributed by atoms with Crippen molar-refractivity contribution in [1.29, 1.82) is 0 Å². The maximum absolute atomic E-state index is 11.6. The summed E-state index contributed by atoms with van der Waals surface area (Å²) >= 11 is 0. The van der Waals surface area contributed by atoms with Crippen LogP contribution in [0.2, 0.25) is 0 Å². The zero-order valence-electron chi connectivity index (χ0n) is 14.9. The molecule has 0 aromatic heterocycles. The van der Waals surface area contributed by atoms with Crippen LogP contribution >= 0.6 is 0 Å². The van der Waals surface area contributed by atoms with Gasteiger partial charge in [0.25, 0.3) is 5.69 Å². The van der Waals surface area contributed by atoms with E-state index in [9.17, 15) is 25.1 Å². The predicted octanol–water partition coefficient (Wildman–Crippen LogP) is 2.61. The molecule has 0 spiro atoms. The van der Waals surface area contributed by atoms with Gasteiger partial charge in [-0.2, -0.15) is 0 Å². The van der Waals surface area contributed by atoms with Crippen LogP contribution in [0.15, 0.2) is 48.5 Å². The van der Waals surface area contributed by atoms with Gasteiger partial charge in [-0.15, -0.1) is 0 Å². The number of non-ortho nitro benzene ring substituents is 1. The minimum Gasteiger partial charge on any atom is -0.445 e. The Bertz CT molecular complexity index is 781. The van der Waals surface area contributed by atoms with Gasteiger partial charge < -0.3 is 20.3 Å². The Kier molecular flexibility index (Phi) is 7.27. The minimum absolute atomic E-state index is 0.0589. The van der Waals surface area contributed by atoms with Crippen LogP contribution in [0.5, 0.6) is 0 Å². The first-order chi connectivity index (χ1) is 12.9. The average Bonchev–Trinajstić information content (AvgIpc) is 2.66. The molecular weight excluding hydrogens is 352 g/mol. The van der Waals surface area contributed by atoms with Gasteiger partial charge in [0.05, 0.1) is 11.0 Å². The van der Waals surface area contributed by atoms with Crippen LogP contribution in [-0.2, 0) is 11.3 Å². The van der Waals surface area contributed by atoms with E-state index in [1.165, 1.54) is 12.1 Å². The number of hydrogen-bond donors (Lipinski definition) is 3. The Hall–Kier alpha value is -2.97. The van der Waals surface area contributed by atoms with Crippen molar-refractivity contribution in [3.05, 3.63) is 75.3 Å². The van der Waals surface area contributed by atoms with E-state index < -0.39 is 23.2 Å². The highest BCUT2D eigenvalue weighted by molar-refractivity contribution is 5.67. The van der Waals surface area contributed by atoms with E-state index in [0.717, 1.165) is 5.56 Å². The highest BCUT2D eigenvalue weighted by atomic mass is 16.6. The summed E-state index contributed by atoms with van der Waals surface area (Å²) in [5.74, 6) is 0. The number of benzene rings is 2. The van der Waals surface area contributed by atoms with Crippen LogP contribution in [0.4, 0.5) is 10.5 Å². The van der Waals surface area contributed by atoms with Gasteiger partial charge in [-0.25, -0.2) is 4.79 Å². The molecular formula is C19H22N2O6. The Morgan fingerprint density at radius 2 is 1.93 bits per heavy atom. The first-order valence-corrected chi connectivity index (χ1v) is 8.43. The molecule has 1 amide bonds. The Labute approximate surface area is 156 Å². The van der Waals surface area contributed by atoms with Crippen molar-refractivity contribution in [3.63, 3.8) is 0 Å². The van der Waals surface area contributed by atoms with E-state index in [-0.39, 0.29) is 30.8 Å². The number of nitro groups is 1. The molecule has 0 saturated carbocycles. The lowest BCUT2D eigenvalue weighted by atomic mass is 9.99. The van der Waals surface area contributed by atoms with E-state index in [2.05, 4.69) is 5.32 Å². The molecule has 144 valence electrons. The number of alkyl carbamates (subject to hydrolysis) is 1. The van der Waals surface area contributed by atoms with Gasteiger partial charge in [-0.1, -0.05) is 36.4 Å². The molecule has 0 saturated heterocycles. The molecule has 8 heteroatoms. The molecule has 2 aromatic rings. The van der Waals surface area contributed by atoms with Crippen molar-refractivity contribution >= 4 is 11.8 Å². The number of carbonyl (C=O) groups excluding carboxylic acids is 1. The summed E-state index contributed by atoms with van der Waals surface area (Å²) in [6, 6.07) is 13.4. The summed E-state index contributed by atoms with van der Waals surface area (Å²) in [6.07, 6.45) is -3.07. The van der Waals surface area contributed by atoms with E-state index in [4.69, 9.17) is 4.74 Å². The fourth-order valence-corrected chi connectivity index (χ4v) is 2.54. The number of aliphatic hydroxyl groups excluding tert-OH is 2. The molecule has 8 nitrogen and oxygen atoms in total. The van der Waals surface area contributed by atoms with Crippen molar-refractivity contribution in [2.75, 3.05) is 6.54 Å². The van der Waals surface area contributed by atoms with Crippen molar-refractivity contribution in [3.8, 4) is 0 Å². The normalized spacial score (nSPS) is 12.9. The van der Waals surface area contributed by atoms with Crippen LogP contribution in [0, 0.1) is 17.0 Å². The Morgan fingerprint density at radius 3 is 2.59 bits per heavy atom. The van der Waals surface area contributed by atoms with Gasteiger partial charge >= 0.3 is 6.09 Å². The highest BCUT2D eigenvalue weighted by Gasteiger charge is 2.21. The Balaban J connectivity index is 1.80. The minimum atomic E-state index is -1.30. The van der Waals surface area contributed by atoms with Crippen LogP contribution in [0.1, 0.15) is 29.2 Å². The number of ether oxygens (including phenoxy) is 1. The van der Waals surface area contributed by atoms with Gasteiger partial charge in [0, 0.05) is 18.7 Å². The standard InChI is InChI=1S/C19H22N2O6/c1-13-9-15(11-16(10-13)21(25)26)18(23)17(22)7-8-20-19(24)27-12-14-5-3-2-4-6-14/h2-6,9-11,17-18,22-23H,7-8,12H2,1H3,(H,20,24). The molecule has 0 radical (unpaired) electrons. The van der Waals surface area contributed by atoms with Gasteiger partial charge in [-0.05, 0) is 30.0 Å². The average molecular weight is 374 g/mol. The van der Waals surface area contributed by atoms with Gasteiger partial charge in [-0.3, -0.25) is 10.1 Å². The summed E-state index contributed by atoms with van der Waals surface area (Å²) in [5, 5.41) is 33.7. The molecule has 0 bridgehead atoms. The largest absolute Gasteiger partial charge is 0.445 e. The third kappa shape index (κ3) is 6.36. The molecule has 0 aliphatic carbocycles. The van der Waals surface area contributed by atoms with E-state index >= 15 is 0 Å². The molecule has 0 aliphatic heterocycles. The highest BCUT2D eigenvalue weighted by Crippen LogP contribution is 2.24. The number of aryl methyl sites for hydroxylation is 1. The van der Waals surface area contributed by atoms with Crippen LogP contribution < -0.4 is 5.32 Å². The molecule has 2 atom stereocenters. The molecule has 2 unspecified atom stereocenters. The number of hydrogen-bond acceptors (Lipinski definition) is 6. The number of aliphatic hydroxyl groups is 2. The lowest BCUT2D eigenvalue weighted by Gasteiger charge is -2.18. The first kappa shape index (κ1) is 20.3. The summed E-state index contributed by atoms with van der Waals surface area (Å²) in [4.78, 5) is 22.0. The zero-order chi connectivity index (χ0) is 19.8. The number of carbonyl (C=O) groups is 1. The second kappa shape index (κ2) is 9.65. The van der Waals surface area contributed by atoms with Crippen molar-refractivity contribution < 1.29 is 24.7 Å². The summed E-state index contributed by atoms with van der Waals surface area (Å²) in [5.41, 5.74) is 1.55. The zero-order valence-corrected chi connectivity index (χ0v) is 14.9. The van der Waals surface area contributed by atoms with Crippen LogP contribution in [0.3, 0.4) is 0 Å². The molecule has 0 fully saturated rings. The molecule has 2 aromatic carbocycles. The monoisotopic (exact) mass is 374 g/mol. The van der Waals surface area contributed by atoms with E-state index in [1.54, 1.807) is 13.0 Å². The maximum atomic E-state index is 11.6. The van der Waals surface area contributed by atoms with E-state index in [0.29, 0.717) is 5.56 Å². The van der Waals surface area contributed by atoms with Crippen LogP contribution in [-0.4, -0.2) is 33.9 Å². The number of nitrogens with one attached hydrogen (secondary N) is 1. The van der Waals surface area contributed by atoms with E-state index in [1.807, 2.05) is 30.3 Å². The summed E-state index contributed by atoms with van der Waals surface area (Å²) < 4.78 is 5.04.